The summed E-state index contributed by atoms with van der Waals surface area (Å²) < 4.78 is 0. The minimum Gasteiger partial charge on any atom is -0.224 e. The molecule has 2 aromatic heterocycles. The molecular formula is C26H10N6S2. The molecule has 1 aliphatic rings. The molecule has 0 aliphatic heterocycles. The summed E-state index contributed by atoms with van der Waals surface area (Å²) in [4.78, 5) is 10.9. The molecule has 0 spiro atoms. The standard InChI is InChI=1S/C26H10N6S2/c27-11-16(12-28)22-18-8-4-5-9-19(18)23(17(13-29)14-30)20(22)10-21-31-25-26(33-21)32-24(34-25)15-6-2-1-3-7-15/h1-10H. The maximum atomic E-state index is 9.63. The maximum Gasteiger partial charge on any atom is 0.155 e. The van der Waals surface area contributed by atoms with Crippen molar-refractivity contribution in [1.29, 1.82) is 21.0 Å². The first-order chi connectivity index (χ1) is 16.7. The van der Waals surface area contributed by atoms with Crippen LogP contribution in [-0.4, -0.2) is 9.97 Å². The van der Waals surface area contributed by atoms with Crippen molar-refractivity contribution in [3.8, 4) is 34.8 Å². The minimum absolute atomic E-state index is 0.0909. The summed E-state index contributed by atoms with van der Waals surface area (Å²) in [6.45, 7) is 0. The number of benzene rings is 2. The van der Waals surface area contributed by atoms with Crippen LogP contribution in [0.2, 0.25) is 0 Å². The molecular weight excluding hydrogens is 460 g/mol. The van der Waals surface area contributed by atoms with Gasteiger partial charge in [-0.25, -0.2) is 9.97 Å². The Labute approximate surface area is 202 Å². The van der Waals surface area contributed by atoms with Gasteiger partial charge in [0.2, 0.25) is 0 Å². The topological polar surface area (TPSA) is 121 Å². The van der Waals surface area contributed by atoms with Gasteiger partial charge in [0, 0.05) is 16.7 Å². The summed E-state index contributed by atoms with van der Waals surface area (Å²) >= 11 is 2.85. The van der Waals surface area contributed by atoms with Crippen LogP contribution in [0, 0.1) is 45.3 Å². The summed E-state index contributed by atoms with van der Waals surface area (Å²) in [7, 11) is 0. The molecule has 0 unspecified atom stereocenters. The van der Waals surface area contributed by atoms with Crippen LogP contribution in [0.3, 0.4) is 0 Å². The second-order valence-electron chi connectivity index (χ2n) is 7.10. The van der Waals surface area contributed by atoms with Crippen molar-refractivity contribution in [2.45, 2.75) is 0 Å². The number of aromatic nitrogens is 2. The van der Waals surface area contributed by atoms with Crippen molar-refractivity contribution >= 4 is 49.6 Å². The van der Waals surface area contributed by atoms with Gasteiger partial charge in [-0.2, -0.15) is 21.0 Å². The first-order valence-corrected chi connectivity index (χ1v) is 11.6. The molecule has 0 bridgehead atoms. The quantitative estimate of drug-likeness (QED) is 0.325. The molecule has 0 atom stereocenters. The molecule has 0 amide bonds. The number of nitrogens with zero attached hydrogens (tertiary/aromatic N) is 6. The number of thiazole rings is 2. The van der Waals surface area contributed by atoms with Crippen LogP contribution in [0.5, 0.6) is 0 Å². The summed E-state index contributed by atoms with van der Waals surface area (Å²) in [5.41, 5.74) is 3.35. The molecule has 156 valence electrons. The molecule has 34 heavy (non-hydrogen) atoms. The molecule has 0 fully saturated rings. The highest BCUT2D eigenvalue weighted by molar-refractivity contribution is 7.28. The number of allylic oxidation sites excluding steroid dienone is 5. The van der Waals surface area contributed by atoms with Gasteiger partial charge in [-0.1, -0.05) is 77.3 Å². The van der Waals surface area contributed by atoms with E-state index in [1.807, 2.05) is 54.6 Å². The van der Waals surface area contributed by atoms with Gasteiger partial charge in [0.15, 0.2) is 9.66 Å². The fourth-order valence-corrected chi connectivity index (χ4v) is 5.84. The van der Waals surface area contributed by atoms with Crippen LogP contribution < -0.4 is 0 Å². The number of hydrogen-bond donors (Lipinski definition) is 0. The fourth-order valence-electron chi connectivity index (χ4n) is 3.84. The Bertz CT molecular complexity index is 1600. The van der Waals surface area contributed by atoms with E-state index in [9.17, 15) is 21.0 Å². The van der Waals surface area contributed by atoms with Crippen LogP contribution in [0.1, 0.15) is 16.1 Å². The smallest absolute Gasteiger partial charge is 0.155 e. The van der Waals surface area contributed by atoms with E-state index in [2.05, 4.69) is 0 Å². The molecule has 6 nitrogen and oxygen atoms in total. The van der Waals surface area contributed by atoms with E-state index in [1.165, 1.54) is 22.7 Å². The largest absolute Gasteiger partial charge is 0.224 e. The SMILES string of the molecule is N#CC(C#N)=C1C(=Cc2nc3sc(-c4ccccc4)nc3s2)C(=C(C#N)C#N)c2ccccc21. The normalized spacial score (nSPS) is 11.8. The number of hydrogen-bond acceptors (Lipinski definition) is 8. The Morgan fingerprint density at radius 2 is 1.21 bits per heavy atom. The van der Waals surface area contributed by atoms with E-state index in [4.69, 9.17) is 9.97 Å². The average molecular weight is 471 g/mol. The zero-order valence-corrected chi connectivity index (χ0v) is 18.9. The van der Waals surface area contributed by atoms with Crippen LogP contribution in [-0.2, 0) is 0 Å². The Hall–Kier alpha value is -4.86. The Balaban J connectivity index is 1.73. The van der Waals surface area contributed by atoms with Crippen molar-refractivity contribution in [3.05, 3.63) is 87.5 Å². The highest BCUT2D eigenvalue weighted by Crippen LogP contribution is 2.49. The third kappa shape index (κ3) is 3.37. The number of rotatable bonds is 2. The Morgan fingerprint density at radius 3 is 1.74 bits per heavy atom. The van der Waals surface area contributed by atoms with Gasteiger partial charge in [-0.05, 0) is 22.8 Å². The lowest BCUT2D eigenvalue weighted by molar-refractivity contribution is 1.45. The summed E-state index contributed by atoms with van der Waals surface area (Å²) in [5.74, 6) is 0. The zero-order chi connectivity index (χ0) is 23.7. The van der Waals surface area contributed by atoms with E-state index < -0.39 is 0 Å². The van der Waals surface area contributed by atoms with Gasteiger partial charge in [0.05, 0.1) is 0 Å². The lowest BCUT2D eigenvalue weighted by atomic mass is 9.96. The molecule has 4 aromatic rings. The van der Waals surface area contributed by atoms with E-state index in [0.29, 0.717) is 32.9 Å². The van der Waals surface area contributed by atoms with Gasteiger partial charge >= 0.3 is 0 Å². The third-order valence-corrected chi connectivity index (χ3v) is 7.26. The average Bonchev–Trinajstić information content (AvgIpc) is 3.53. The van der Waals surface area contributed by atoms with Crippen molar-refractivity contribution < 1.29 is 0 Å². The molecule has 2 aromatic carbocycles. The second kappa shape index (κ2) is 8.58. The lowest BCUT2D eigenvalue weighted by Gasteiger charge is -2.04. The van der Waals surface area contributed by atoms with Gasteiger partial charge in [-0.15, -0.1) is 0 Å². The van der Waals surface area contributed by atoms with E-state index >= 15 is 0 Å². The fraction of sp³-hybridized carbons (Fsp3) is 0. The van der Waals surface area contributed by atoms with E-state index in [0.717, 1.165) is 20.2 Å². The highest BCUT2D eigenvalue weighted by Gasteiger charge is 2.32. The van der Waals surface area contributed by atoms with Crippen LogP contribution in [0.25, 0.3) is 37.5 Å². The lowest BCUT2D eigenvalue weighted by Crippen LogP contribution is -1.89. The van der Waals surface area contributed by atoms with Crippen LogP contribution >= 0.6 is 22.7 Å². The number of fused-ring (bicyclic) bond motifs is 2. The van der Waals surface area contributed by atoms with Crippen molar-refractivity contribution in [2.24, 2.45) is 0 Å². The van der Waals surface area contributed by atoms with Crippen molar-refractivity contribution in [2.75, 3.05) is 0 Å². The van der Waals surface area contributed by atoms with E-state index in [-0.39, 0.29) is 11.1 Å². The summed E-state index contributed by atoms with van der Waals surface area (Å²) in [5, 5.41) is 40.0. The van der Waals surface area contributed by atoms with Gasteiger partial charge < -0.3 is 0 Å². The summed E-state index contributed by atoms with van der Waals surface area (Å²) in [6, 6.07) is 24.8. The highest BCUT2D eigenvalue weighted by atomic mass is 32.1. The van der Waals surface area contributed by atoms with Gasteiger partial charge in [0.1, 0.15) is 45.4 Å². The molecule has 0 N–H and O–H groups in total. The molecule has 1 aliphatic carbocycles. The third-order valence-electron chi connectivity index (χ3n) is 5.23. The Morgan fingerprint density at radius 1 is 0.676 bits per heavy atom. The maximum absolute atomic E-state index is 9.63. The van der Waals surface area contributed by atoms with Crippen LogP contribution in [0.15, 0.2) is 71.3 Å². The predicted octanol–water partition coefficient (Wildman–Crippen LogP) is 6.12. The molecule has 0 saturated carbocycles. The predicted molar refractivity (Wildman–Crippen MR) is 131 cm³/mol. The van der Waals surface area contributed by atoms with Gasteiger partial charge in [-0.3, -0.25) is 0 Å². The monoisotopic (exact) mass is 470 g/mol. The van der Waals surface area contributed by atoms with E-state index in [1.54, 1.807) is 30.3 Å². The number of nitriles is 4. The molecule has 5 rings (SSSR count). The Kier molecular flexibility index (Phi) is 5.30. The van der Waals surface area contributed by atoms with Crippen molar-refractivity contribution in [3.63, 3.8) is 0 Å². The minimum atomic E-state index is -0.0909. The zero-order valence-electron chi connectivity index (χ0n) is 17.3. The van der Waals surface area contributed by atoms with Gasteiger partial charge in [0.25, 0.3) is 0 Å². The van der Waals surface area contributed by atoms with Crippen LogP contribution in [0.4, 0.5) is 0 Å². The van der Waals surface area contributed by atoms with Crippen molar-refractivity contribution in [1.82, 2.24) is 9.97 Å². The molecule has 0 saturated heterocycles. The first-order valence-electron chi connectivity index (χ1n) is 9.92. The second-order valence-corrected chi connectivity index (χ2v) is 9.08. The first kappa shape index (κ1) is 21.0. The molecule has 2 heterocycles. The molecule has 8 heteroatoms. The summed E-state index contributed by atoms with van der Waals surface area (Å²) in [6.07, 6.45) is 1.73. The molecule has 0 radical (unpaired) electrons.